The van der Waals surface area contributed by atoms with Gasteiger partial charge in [0.2, 0.25) is 5.88 Å². The van der Waals surface area contributed by atoms with E-state index >= 15 is 0 Å². The van der Waals surface area contributed by atoms with E-state index in [1.165, 1.54) is 5.56 Å². The number of methoxy groups -OCH3 is 1. The highest BCUT2D eigenvalue weighted by Gasteiger charge is 2.12. The van der Waals surface area contributed by atoms with Crippen LogP contribution in [0.5, 0.6) is 5.88 Å². The van der Waals surface area contributed by atoms with Crippen molar-refractivity contribution in [1.82, 2.24) is 15.3 Å². The minimum absolute atomic E-state index is 0.718. The summed E-state index contributed by atoms with van der Waals surface area (Å²) in [5.74, 6) is 0.718. The zero-order valence-corrected chi connectivity index (χ0v) is 12.9. The molecule has 6 heteroatoms. The van der Waals surface area contributed by atoms with Crippen LogP contribution in [0, 0.1) is 0 Å². The average molecular weight is 292 g/mol. The number of thiazole rings is 1. The number of aromatic nitrogens is 2. The predicted molar refractivity (Wildman–Crippen MR) is 82.6 cm³/mol. The zero-order valence-electron chi connectivity index (χ0n) is 12.1. The first-order valence-corrected chi connectivity index (χ1v) is 7.33. The minimum Gasteiger partial charge on any atom is -0.480 e. The van der Waals surface area contributed by atoms with Gasteiger partial charge in [-0.05, 0) is 30.7 Å². The molecule has 0 amide bonds. The smallest absolute Gasteiger partial charge is 0.230 e. The summed E-state index contributed by atoms with van der Waals surface area (Å²) >= 11 is 1.66. The lowest BCUT2D eigenvalue weighted by molar-refractivity contribution is 0.395. The molecule has 2 aromatic rings. The quantitative estimate of drug-likeness (QED) is 0.790. The molecule has 1 N–H and O–H groups in total. The summed E-state index contributed by atoms with van der Waals surface area (Å²) in [5.41, 5.74) is 1.29. The number of hydrogen-bond acceptors (Lipinski definition) is 6. The molecule has 0 fully saturated rings. The molecule has 2 rings (SSSR count). The van der Waals surface area contributed by atoms with E-state index in [1.807, 2.05) is 43.5 Å². The lowest BCUT2D eigenvalue weighted by Gasteiger charge is -2.05. The van der Waals surface area contributed by atoms with Gasteiger partial charge in [0.25, 0.3) is 0 Å². The average Bonchev–Trinajstić information content (AvgIpc) is 2.88. The molecule has 0 saturated carbocycles. The van der Waals surface area contributed by atoms with Crippen molar-refractivity contribution in [2.75, 3.05) is 32.6 Å². The van der Waals surface area contributed by atoms with Crippen LogP contribution in [0.2, 0.25) is 0 Å². The van der Waals surface area contributed by atoms with Crippen LogP contribution in [-0.4, -0.2) is 37.7 Å². The lowest BCUT2D eigenvalue weighted by Crippen LogP contribution is -2.16. The number of rotatable bonds is 7. The van der Waals surface area contributed by atoms with Gasteiger partial charge < -0.3 is 15.0 Å². The van der Waals surface area contributed by atoms with Gasteiger partial charge in [-0.2, -0.15) is 4.98 Å². The SMILES string of the molecule is COc1nc(N(C)C)sc1CNCCc1ccncc1. The molecule has 108 valence electrons. The van der Waals surface area contributed by atoms with E-state index in [0.717, 1.165) is 35.4 Å². The molecular formula is C14H20N4OS. The maximum Gasteiger partial charge on any atom is 0.230 e. The first-order valence-electron chi connectivity index (χ1n) is 6.51. The van der Waals surface area contributed by atoms with Gasteiger partial charge in [-0.15, -0.1) is 0 Å². The van der Waals surface area contributed by atoms with Crippen LogP contribution in [0.4, 0.5) is 5.13 Å². The summed E-state index contributed by atoms with van der Waals surface area (Å²) in [4.78, 5) is 11.6. The summed E-state index contributed by atoms with van der Waals surface area (Å²) in [5, 5.41) is 4.39. The van der Waals surface area contributed by atoms with Gasteiger partial charge in [0.1, 0.15) is 0 Å². The van der Waals surface area contributed by atoms with Crippen molar-refractivity contribution in [2.45, 2.75) is 13.0 Å². The molecule has 0 unspecified atom stereocenters. The van der Waals surface area contributed by atoms with Crippen LogP contribution < -0.4 is 15.0 Å². The van der Waals surface area contributed by atoms with E-state index in [1.54, 1.807) is 18.4 Å². The molecule has 0 aliphatic carbocycles. The summed E-state index contributed by atoms with van der Waals surface area (Å²) in [6.07, 6.45) is 4.64. The van der Waals surface area contributed by atoms with Crippen LogP contribution in [0.1, 0.15) is 10.4 Å². The molecule has 0 radical (unpaired) electrons. The second kappa shape index (κ2) is 7.21. The number of pyridine rings is 1. The Morgan fingerprint density at radius 1 is 1.30 bits per heavy atom. The molecule has 0 atom stereocenters. The molecular weight excluding hydrogens is 272 g/mol. The second-order valence-electron chi connectivity index (χ2n) is 4.61. The maximum absolute atomic E-state index is 5.32. The van der Waals surface area contributed by atoms with Crippen LogP contribution in [-0.2, 0) is 13.0 Å². The van der Waals surface area contributed by atoms with Crippen LogP contribution in [0.15, 0.2) is 24.5 Å². The minimum atomic E-state index is 0.718. The number of anilines is 1. The standard InChI is InChI=1S/C14H20N4OS/c1-18(2)14-17-13(19-3)12(20-14)10-16-9-6-11-4-7-15-8-5-11/h4-5,7-8,16H,6,9-10H2,1-3H3. The summed E-state index contributed by atoms with van der Waals surface area (Å²) < 4.78 is 5.32. The predicted octanol–water partition coefficient (Wildman–Crippen LogP) is 1.95. The van der Waals surface area contributed by atoms with E-state index in [0.29, 0.717) is 0 Å². The Hall–Kier alpha value is -1.66. The Morgan fingerprint density at radius 3 is 2.70 bits per heavy atom. The Bertz CT molecular complexity index is 527. The van der Waals surface area contributed by atoms with E-state index in [9.17, 15) is 0 Å². The van der Waals surface area contributed by atoms with E-state index in [-0.39, 0.29) is 0 Å². The van der Waals surface area contributed by atoms with Crippen molar-refractivity contribution in [3.63, 3.8) is 0 Å². The van der Waals surface area contributed by atoms with E-state index < -0.39 is 0 Å². The third-order valence-electron chi connectivity index (χ3n) is 2.85. The van der Waals surface area contributed by atoms with E-state index in [4.69, 9.17) is 4.74 Å². The van der Waals surface area contributed by atoms with Crippen molar-refractivity contribution in [3.8, 4) is 5.88 Å². The number of ether oxygens (including phenoxy) is 1. The van der Waals surface area contributed by atoms with Crippen molar-refractivity contribution < 1.29 is 4.74 Å². The molecule has 0 bridgehead atoms. The maximum atomic E-state index is 5.32. The Morgan fingerprint density at radius 2 is 2.05 bits per heavy atom. The van der Waals surface area contributed by atoms with E-state index in [2.05, 4.69) is 15.3 Å². The highest BCUT2D eigenvalue weighted by atomic mass is 32.1. The van der Waals surface area contributed by atoms with Gasteiger partial charge in [0.05, 0.1) is 12.0 Å². The van der Waals surface area contributed by atoms with Crippen molar-refractivity contribution in [2.24, 2.45) is 0 Å². The van der Waals surface area contributed by atoms with Gasteiger partial charge in [0.15, 0.2) is 5.13 Å². The molecule has 5 nitrogen and oxygen atoms in total. The summed E-state index contributed by atoms with van der Waals surface area (Å²) in [7, 11) is 5.63. The Kier molecular flexibility index (Phi) is 5.31. The Balaban J connectivity index is 1.84. The molecule has 0 aliphatic heterocycles. The number of hydrogen-bond donors (Lipinski definition) is 1. The highest BCUT2D eigenvalue weighted by molar-refractivity contribution is 7.15. The molecule has 0 saturated heterocycles. The highest BCUT2D eigenvalue weighted by Crippen LogP contribution is 2.30. The van der Waals surface area contributed by atoms with Crippen LogP contribution in [0.3, 0.4) is 0 Å². The topological polar surface area (TPSA) is 50.3 Å². The van der Waals surface area contributed by atoms with Crippen molar-refractivity contribution >= 4 is 16.5 Å². The lowest BCUT2D eigenvalue weighted by atomic mass is 10.2. The third-order valence-corrected chi connectivity index (χ3v) is 4.06. The first-order chi connectivity index (χ1) is 9.70. The van der Waals surface area contributed by atoms with Crippen molar-refractivity contribution in [1.29, 1.82) is 0 Å². The van der Waals surface area contributed by atoms with Gasteiger partial charge in [-0.1, -0.05) is 11.3 Å². The summed E-state index contributed by atoms with van der Waals surface area (Å²) in [6, 6.07) is 4.08. The number of nitrogens with zero attached hydrogens (tertiary/aromatic N) is 3. The molecule has 0 aromatic carbocycles. The molecule has 2 heterocycles. The second-order valence-corrected chi connectivity index (χ2v) is 5.67. The fourth-order valence-electron chi connectivity index (χ4n) is 1.77. The largest absolute Gasteiger partial charge is 0.480 e. The van der Waals surface area contributed by atoms with Crippen LogP contribution in [0.25, 0.3) is 0 Å². The molecule has 2 aromatic heterocycles. The normalized spacial score (nSPS) is 10.6. The first kappa shape index (κ1) is 14.7. The Labute approximate surface area is 123 Å². The summed E-state index contributed by atoms with van der Waals surface area (Å²) in [6.45, 7) is 1.70. The van der Waals surface area contributed by atoms with Gasteiger partial charge in [0, 0.05) is 33.0 Å². The fourth-order valence-corrected chi connectivity index (χ4v) is 2.69. The van der Waals surface area contributed by atoms with Gasteiger partial charge in [-0.25, -0.2) is 0 Å². The van der Waals surface area contributed by atoms with Gasteiger partial charge >= 0.3 is 0 Å². The zero-order chi connectivity index (χ0) is 14.4. The van der Waals surface area contributed by atoms with Crippen molar-refractivity contribution in [3.05, 3.63) is 35.0 Å². The van der Waals surface area contributed by atoms with Crippen LogP contribution >= 0.6 is 11.3 Å². The van der Waals surface area contributed by atoms with Gasteiger partial charge in [-0.3, -0.25) is 4.98 Å². The number of nitrogens with one attached hydrogen (secondary N) is 1. The molecule has 0 aliphatic rings. The molecule has 20 heavy (non-hydrogen) atoms. The third kappa shape index (κ3) is 3.91. The fraction of sp³-hybridized carbons (Fsp3) is 0.429. The molecule has 0 spiro atoms. The monoisotopic (exact) mass is 292 g/mol.